The molecule has 146 valence electrons. The Hall–Kier alpha value is -2.72. The Morgan fingerprint density at radius 3 is 2.68 bits per heavy atom. The molecule has 1 aromatic carbocycles. The molecule has 0 aliphatic heterocycles. The normalized spacial score (nSPS) is 11.8. The van der Waals surface area contributed by atoms with Gasteiger partial charge in [0.05, 0.1) is 17.5 Å². The molecular formula is C18H20N6O2S2. The maximum atomic E-state index is 12.3. The number of carbonyl (C=O) groups excluding carboxylic acids is 2. The Bertz CT molecular complexity index is 970. The smallest absolute Gasteiger partial charge is 0.251 e. The van der Waals surface area contributed by atoms with E-state index in [1.54, 1.807) is 16.7 Å². The molecule has 1 atom stereocenters. The predicted molar refractivity (Wildman–Crippen MR) is 110 cm³/mol. The van der Waals surface area contributed by atoms with Gasteiger partial charge in [-0.3, -0.25) is 9.59 Å². The lowest BCUT2D eigenvalue weighted by atomic mass is 10.2. The summed E-state index contributed by atoms with van der Waals surface area (Å²) in [5, 5.41) is 17.0. The Balaban J connectivity index is 1.57. The monoisotopic (exact) mass is 416 g/mol. The van der Waals surface area contributed by atoms with Crippen LogP contribution in [0, 0.1) is 6.92 Å². The zero-order chi connectivity index (χ0) is 20.1. The van der Waals surface area contributed by atoms with Crippen LogP contribution in [-0.4, -0.2) is 37.3 Å². The number of amides is 2. The van der Waals surface area contributed by atoms with Gasteiger partial charge in [0.1, 0.15) is 0 Å². The van der Waals surface area contributed by atoms with Gasteiger partial charge < -0.3 is 15.2 Å². The number of thioether (sulfide) groups is 1. The number of anilines is 1. The number of hydrogen-bond acceptors (Lipinski definition) is 7. The van der Waals surface area contributed by atoms with Crippen molar-refractivity contribution in [2.45, 2.75) is 25.0 Å². The Labute approximate surface area is 170 Å². The first-order valence-corrected chi connectivity index (χ1v) is 10.4. The van der Waals surface area contributed by atoms with E-state index in [-0.39, 0.29) is 23.6 Å². The minimum atomic E-state index is -0.327. The van der Waals surface area contributed by atoms with Crippen LogP contribution in [-0.2, 0) is 11.8 Å². The molecule has 2 heterocycles. The maximum absolute atomic E-state index is 12.3. The van der Waals surface area contributed by atoms with Crippen LogP contribution in [0.25, 0.3) is 0 Å². The summed E-state index contributed by atoms with van der Waals surface area (Å²) in [7, 11) is 1.81. The molecule has 3 aromatic rings. The second-order valence-electron chi connectivity index (χ2n) is 6.09. The van der Waals surface area contributed by atoms with E-state index >= 15 is 0 Å². The third kappa shape index (κ3) is 4.96. The number of aromatic nitrogens is 4. The number of aryl methyl sites for hydroxylation is 1. The molecule has 0 saturated heterocycles. The summed E-state index contributed by atoms with van der Waals surface area (Å²) in [6.45, 7) is 3.72. The second kappa shape index (κ2) is 8.98. The van der Waals surface area contributed by atoms with Crippen molar-refractivity contribution in [2.75, 3.05) is 11.1 Å². The number of benzene rings is 1. The van der Waals surface area contributed by atoms with Crippen LogP contribution in [0.2, 0.25) is 0 Å². The summed E-state index contributed by atoms with van der Waals surface area (Å²) in [6.07, 6.45) is 0. The zero-order valence-corrected chi connectivity index (χ0v) is 17.3. The highest BCUT2D eigenvalue weighted by molar-refractivity contribution is 7.99. The van der Waals surface area contributed by atoms with Gasteiger partial charge in [-0.2, -0.15) is 0 Å². The van der Waals surface area contributed by atoms with Gasteiger partial charge in [-0.05, 0) is 26.0 Å². The molecule has 10 heteroatoms. The van der Waals surface area contributed by atoms with Crippen LogP contribution < -0.4 is 10.6 Å². The van der Waals surface area contributed by atoms with Crippen LogP contribution in [0.1, 0.15) is 34.8 Å². The van der Waals surface area contributed by atoms with Gasteiger partial charge in [-0.25, -0.2) is 4.98 Å². The highest BCUT2D eigenvalue weighted by Crippen LogP contribution is 2.20. The molecule has 8 nitrogen and oxygen atoms in total. The van der Waals surface area contributed by atoms with Crippen molar-refractivity contribution >= 4 is 40.0 Å². The zero-order valence-electron chi connectivity index (χ0n) is 15.7. The fourth-order valence-electron chi connectivity index (χ4n) is 2.46. The Kier molecular flexibility index (Phi) is 6.42. The number of nitrogens with zero attached hydrogens (tertiary/aromatic N) is 4. The SMILES string of the molecule is Cc1csc(NC(=O)CSc2nnc([C@H](C)NC(=O)c3ccccc3)n2C)n1. The van der Waals surface area contributed by atoms with Crippen molar-refractivity contribution in [1.29, 1.82) is 0 Å². The van der Waals surface area contributed by atoms with Crippen molar-refractivity contribution in [2.24, 2.45) is 7.05 Å². The third-order valence-electron chi connectivity index (χ3n) is 3.84. The highest BCUT2D eigenvalue weighted by atomic mass is 32.2. The van der Waals surface area contributed by atoms with E-state index in [1.165, 1.54) is 23.1 Å². The number of thiazole rings is 1. The first kappa shape index (κ1) is 20.0. The molecule has 0 radical (unpaired) electrons. The fourth-order valence-corrected chi connectivity index (χ4v) is 3.88. The van der Waals surface area contributed by atoms with Gasteiger partial charge in [-0.15, -0.1) is 21.5 Å². The van der Waals surface area contributed by atoms with Crippen molar-refractivity contribution in [3.05, 3.63) is 52.8 Å². The van der Waals surface area contributed by atoms with Crippen LogP contribution in [0.5, 0.6) is 0 Å². The van der Waals surface area contributed by atoms with Gasteiger partial charge in [-0.1, -0.05) is 30.0 Å². The number of rotatable bonds is 7. The lowest BCUT2D eigenvalue weighted by Crippen LogP contribution is -2.28. The largest absolute Gasteiger partial charge is 0.342 e. The van der Waals surface area contributed by atoms with Crippen LogP contribution in [0.4, 0.5) is 5.13 Å². The maximum Gasteiger partial charge on any atom is 0.251 e. The van der Waals surface area contributed by atoms with E-state index in [0.717, 1.165) is 5.69 Å². The van der Waals surface area contributed by atoms with Crippen LogP contribution in [0.15, 0.2) is 40.9 Å². The Morgan fingerprint density at radius 1 is 1.25 bits per heavy atom. The van der Waals surface area contributed by atoms with Gasteiger partial charge in [0, 0.05) is 18.0 Å². The van der Waals surface area contributed by atoms with Crippen molar-refractivity contribution in [3.8, 4) is 0 Å². The first-order valence-electron chi connectivity index (χ1n) is 8.54. The molecule has 0 aliphatic carbocycles. The third-order valence-corrected chi connectivity index (χ3v) is 5.73. The first-order chi connectivity index (χ1) is 13.4. The summed E-state index contributed by atoms with van der Waals surface area (Å²) in [4.78, 5) is 28.6. The molecule has 2 aromatic heterocycles. The molecule has 0 spiro atoms. The van der Waals surface area contributed by atoms with Crippen LogP contribution >= 0.6 is 23.1 Å². The average Bonchev–Trinajstić information content (AvgIpc) is 3.26. The summed E-state index contributed by atoms with van der Waals surface area (Å²) < 4.78 is 1.78. The van der Waals surface area contributed by atoms with E-state index in [2.05, 4.69) is 25.8 Å². The van der Waals surface area contributed by atoms with Crippen molar-refractivity contribution in [3.63, 3.8) is 0 Å². The second-order valence-corrected chi connectivity index (χ2v) is 7.89. The summed E-state index contributed by atoms with van der Waals surface area (Å²) >= 11 is 2.66. The highest BCUT2D eigenvalue weighted by Gasteiger charge is 2.19. The average molecular weight is 417 g/mol. The molecule has 0 saturated carbocycles. The summed E-state index contributed by atoms with van der Waals surface area (Å²) in [5.74, 6) is 0.468. The molecule has 0 bridgehead atoms. The minimum absolute atomic E-state index is 0.158. The molecule has 0 fully saturated rings. The van der Waals surface area contributed by atoms with E-state index in [9.17, 15) is 9.59 Å². The van der Waals surface area contributed by atoms with E-state index in [0.29, 0.717) is 21.7 Å². The van der Waals surface area contributed by atoms with Crippen LogP contribution in [0.3, 0.4) is 0 Å². The molecule has 0 unspecified atom stereocenters. The summed E-state index contributed by atoms with van der Waals surface area (Å²) in [6, 6.07) is 8.67. The predicted octanol–water partition coefficient (Wildman–Crippen LogP) is 2.80. The quantitative estimate of drug-likeness (QED) is 0.574. The number of hydrogen-bond donors (Lipinski definition) is 2. The topological polar surface area (TPSA) is 102 Å². The molecule has 3 rings (SSSR count). The van der Waals surface area contributed by atoms with Gasteiger partial charge in [0.2, 0.25) is 5.91 Å². The molecule has 28 heavy (non-hydrogen) atoms. The minimum Gasteiger partial charge on any atom is -0.342 e. The van der Waals surface area contributed by atoms with Gasteiger partial charge in [0.15, 0.2) is 16.1 Å². The van der Waals surface area contributed by atoms with E-state index in [1.807, 2.05) is 44.5 Å². The molecule has 2 N–H and O–H groups in total. The van der Waals surface area contributed by atoms with Crippen molar-refractivity contribution in [1.82, 2.24) is 25.1 Å². The van der Waals surface area contributed by atoms with Gasteiger partial charge >= 0.3 is 0 Å². The van der Waals surface area contributed by atoms with E-state index < -0.39 is 0 Å². The van der Waals surface area contributed by atoms with E-state index in [4.69, 9.17) is 0 Å². The lowest BCUT2D eigenvalue weighted by molar-refractivity contribution is -0.113. The molecule has 2 amide bonds. The van der Waals surface area contributed by atoms with Crippen molar-refractivity contribution < 1.29 is 9.59 Å². The molecular weight excluding hydrogens is 396 g/mol. The number of nitrogens with one attached hydrogen (secondary N) is 2. The summed E-state index contributed by atoms with van der Waals surface area (Å²) in [5.41, 5.74) is 1.46. The Morgan fingerprint density at radius 2 is 2.00 bits per heavy atom. The standard InChI is InChI=1S/C18H20N6O2S2/c1-11-9-27-17(19-11)21-14(25)10-28-18-23-22-15(24(18)3)12(2)20-16(26)13-7-5-4-6-8-13/h4-9,12H,10H2,1-3H3,(H,20,26)(H,19,21,25)/t12-/m0/s1. The fraction of sp³-hybridized carbons (Fsp3) is 0.278. The van der Waals surface area contributed by atoms with Gasteiger partial charge in [0.25, 0.3) is 5.91 Å². The molecule has 0 aliphatic rings. The lowest BCUT2D eigenvalue weighted by Gasteiger charge is -2.13. The number of carbonyl (C=O) groups is 2.